The number of rotatable bonds is 6. The minimum Gasteiger partial charge on any atom is -0.492 e. The van der Waals surface area contributed by atoms with Gasteiger partial charge in [0.1, 0.15) is 16.5 Å². The lowest BCUT2D eigenvalue weighted by Gasteiger charge is -2.35. The number of morpholine rings is 1. The van der Waals surface area contributed by atoms with Crippen LogP contribution < -0.4 is 14.5 Å². The third-order valence-corrected chi connectivity index (χ3v) is 7.72. The number of piperazine rings is 1. The second-order valence-corrected chi connectivity index (χ2v) is 10.1. The molecule has 0 aliphatic carbocycles. The van der Waals surface area contributed by atoms with Crippen molar-refractivity contribution in [3.8, 4) is 5.75 Å². The van der Waals surface area contributed by atoms with Crippen molar-refractivity contribution < 1.29 is 17.9 Å². The standard InChI is InChI=1S/C20H26BrN5O4S/c1-2-30-17-4-3-16(21)15-18(17)31(27,28)26-9-7-24(8-10-26)19-5-6-22-20(23-19)25-11-13-29-14-12-25/h3-6,15H,2,7-14H2,1H3. The van der Waals surface area contributed by atoms with Crippen LogP contribution in [0.15, 0.2) is 39.8 Å². The van der Waals surface area contributed by atoms with Crippen LogP contribution in [0.3, 0.4) is 0 Å². The third kappa shape index (κ3) is 4.94. The quantitative estimate of drug-likeness (QED) is 0.581. The van der Waals surface area contributed by atoms with E-state index in [2.05, 4.69) is 30.7 Å². The van der Waals surface area contributed by atoms with Crippen molar-refractivity contribution in [1.82, 2.24) is 14.3 Å². The van der Waals surface area contributed by atoms with E-state index < -0.39 is 10.0 Å². The summed E-state index contributed by atoms with van der Waals surface area (Å²) in [6.45, 7) is 6.96. The molecule has 2 saturated heterocycles. The lowest BCUT2D eigenvalue weighted by molar-refractivity contribution is 0.122. The largest absolute Gasteiger partial charge is 0.492 e. The SMILES string of the molecule is CCOc1ccc(Br)cc1S(=O)(=O)N1CCN(c2ccnc(N3CCOCC3)n2)CC1. The molecular weight excluding hydrogens is 486 g/mol. The summed E-state index contributed by atoms with van der Waals surface area (Å²) >= 11 is 3.37. The number of benzene rings is 1. The van der Waals surface area contributed by atoms with E-state index in [1.807, 2.05) is 13.0 Å². The van der Waals surface area contributed by atoms with Gasteiger partial charge < -0.3 is 19.3 Å². The lowest BCUT2D eigenvalue weighted by Crippen LogP contribution is -2.49. The Hall–Kier alpha value is -1.95. The van der Waals surface area contributed by atoms with Gasteiger partial charge in [0.2, 0.25) is 16.0 Å². The number of ether oxygens (including phenoxy) is 2. The molecule has 168 valence electrons. The molecule has 4 rings (SSSR count). The van der Waals surface area contributed by atoms with E-state index in [1.165, 1.54) is 4.31 Å². The molecule has 2 aliphatic heterocycles. The van der Waals surface area contributed by atoms with Crippen LogP contribution in [0.5, 0.6) is 5.75 Å². The highest BCUT2D eigenvalue weighted by Crippen LogP contribution is 2.31. The van der Waals surface area contributed by atoms with Gasteiger partial charge in [-0.25, -0.2) is 13.4 Å². The first kappa shape index (κ1) is 22.3. The Balaban J connectivity index is 1.47. The number of anilines is 2. The van der Waals surface area contributed by atoms with Crippen molar-refractivity contribution >= 4 is 37.7 Å². The average molecular weight is 512 g/mol. The number of aromatic nitrogens is 2. The summed E-state index contributed by atoms with van der Waals surface area (Å²) in [6.07, 6.45) is 1.76. The van der Waals surface area contributed by atoms with Crippen LogP contribution in [0.2, 0.25) is 0 Å². The number of hydrogen-bond donors (Lipinski definition) is 0. The number of sulfonamides is 1. The minimum absolute atomic E-state index is 0.189. The van der Waals surface area contributed by atoms with E-state index >= 15 is 0 Å². The van der Waals surface area contributed by atoms with Gasteiger partial charge in [-0.15, -0.1) is 0 Å². The number of nitrogens with zero attached hydrogens (tertiary/aromatic N) is 5. The Morgan fingerprint density at radius 2 is 1.81 bits per heavy atom. The summed E-state index contributed by atoms with van der Waals surface area (Å²) in [4.78, 5) is 13.5. The van der Waals surface area contributed by atoms with Gasteiger partial charge >= 0.3 is 0 Å². The van der Waals surface area contributed by atoms with Gasteiger partial charge in [0.25, 0.3) is 0 Å². The molecule has 0 atom stereocenters. The molecule has 31 heavy (non-hydrogen) atoms. The van der Waals surface area contributed by atoms with Crippen LogP contribution >= 0.6 is 15.9 Å². The van der Waals surface area contributed by atoms with Gasteiger partial charge in [-0.05, 0) is 31.2 Å². The van der Waals surface area contributed by atoms with Gasteiger partial charge in [-0.3, -0.25) is 0 Å². The highest BCUT2D eigenvalue weighted by molar-refractivity contribution is 9.10. The summed E-state index contributed by atoms with van der Waals surface area (Å²) in [6, 6.07) is 6.94. The molecule has 0 N–H and O–H groups in total. The minimum atomic E-state index is -3.67. The molecule has 0 spiro atoms. The monoisotopic (exact) mass is 511 g/mol. The van der Waals surface area contributed by atoms with Crippen LogP contribution in [-0.4, -0.2) is 81.8 Å². The average Bonchev–Trinajstić information content (AvgIpc) is 2.81. The van der Waals surface area contributed by atoms with E-state index in [0.29, 0.717) is 62.2 Å². The molecule has 0 saturated carbocycles. The Kier molecular flexibility index (Phi) is 6.95. The second kappa shape index (κ2) is 9.68. The van der Waals surface area contributed by atoms with Gasteiger partial charge in [0.15, 0.2) is 0 Å². The predicted octanol–water partition coefficient (Wildman–Crippen LogP) is 1.99. The van der Waals surface area contributed by atoms with Crippen molar-refractivity contribution in [2.75, 3.05) is 68.9 Å². The highest BCUT2D eigenvalue weighted by Gasteiger charge is 2.31. The van der Waals surface area contributed by atoms with Crippen LogP contribution in [0.4, 0.5) is 11.8 Å². The molecule has 9 nitrogen and oxygen atoms in total. The fourth-order valence-electron chi connectivity index (χ4n) is 3.69. The zero-order valence-corrected chi connectivity index (χ0v) is 19.8. The van der Waals surface area contributed by atoms with Gasteiger partial charge in [-0.2, -0.15) is 9.29 Å². The first-order chi connectivity index (χ1) is 15.0. The zero-order chi connectivity index (χ0) is 21.8. The first-order valence-corrected chi connectivity index (χ1v) is 12.6. The molecule has 0 unspecified atom stereocenters. The summed E-state index contributed by atoms with van der Waals surface area (Å²) in [5.74, 6) is 1.87. The van der Waals surface area contributed by atoms with Crippen LogP contribution in [0.25, 0.3) is 0 Å². The first-order valence-electron chi connectivity index (χ1n) is 10.3. The molecule has 3 heterocycles. The Labute approximate surface area is 191 Å². The molecule has 2 aromatic rings. The number of halogens is 1. The summed E-state index contributed by atoms with van der Waals surface area (Å²) in [7, 11) is -3.67. The van der Waals surface area contributed by atoms with E-state index in [-0.39, 0.29) is 4.90 Å². The molecule has 1 aromatic carbocycles. The summed E-state index contributed by atoms with van der Waals surface area (Å²) < 4.78 is 39.8. The van der Waals surface area contributed by atoms with E-state index in [0.717, 1.165) is 18.9 Å². The second-order valence-electron chi connectivity index (χ2n) is 7.23. The normalized spacial score (nSPS) is 18.3. The van der Waals surface area contributed by atoms with Crippen molar-refractivity contribution in [1.29, 1.82) is 0 Å². The van der Waals surface area contributed by atoms with Gasteiger partial charge in [0, 0.05) is 49.9 Å². The topological polar surface area (TPSA) is 88.1 Å². The molecule has 2 aliphatic rings. The van der Waals surface area contributed by atoms with E-state index in [9.17, 15) is 8.42 Å². The third-order valence-electron chi connectivity index (χ3n) is 5.31. The van der Waals surface area contributed by atoms with Gasteiger partial charge in [-0.1, -0.05) is 15.9 Å². The summed E-state index contributed by atoms with van der Waals surface area (Å²) in [5.41, 5.74) is 0. The fourth-order valence-corrected chi connectivity index (χ4v) is 5.78. The Morgan fingerprint density at radius 3 is 2.52 bits per heavy atom. The molecule has 0 bridgehead atoms. The predicted molar refractivity (Wildman–Crippen MR) is 121 cm³/mol. The molecule has 2 fully saturated rings. The molecular formula is C20H26BrN5O4S. The van der Waals surface area contributed by atoms with E-state index in [1.54, 1.807) is 24.4 Å². The maximum atomic E-state index is 13.3. The maximum Gasteiger partial charge on any atom is 0.246 e. The lowest BCUT2D eigenvalue weighted by atomic mass is 10.3. The Morgan fingerprint density at radius 1 is 1.06 bits per heavy atom. The van der Waals surface area contributed by atoms with Crippen molar-refractivity contribution in [2.24, 2.45) is 0 Å². The van der Waals surface area contributed by atoms with Crippen LogP contribution in [0, 0.1) is 0 Å². The maximum absolute atomic E-state index is 13.3. The van der Waals surface area contributed by atoms with Crippen molar-refractivity contribution in [3.63, 3.8) is 0 Å². The highest BCUT2D eigenvalue weighted by atomic mass is 79.9. The van der Waals surface area contributed by atoms with E-state index in [4.69, 9.17) is 14.5 Å². The Bertz CT molecular complexity index is 1010. The molecule has 11 heteroatoms. The number of hydrogen-bond acceptors (Lipinski definition) is 8. The zero-order valence-electron chi connectivity index (χ0n) is 17.4. The van der Waals surface area contributed by atoms with Crippen molar-refractivity contribution in [3.05, 3.63) is 34.9 Å². The smallest absolute Gasteiger partial charge is 0.246 e. The molecule has 0 radical (unpaired) electrons. The molecule has 1 aromatic heterocycles. The fraction of sp³-hybridized carbons (Fsp3) is 0.500. The van der Waals surface area contributed by atoms with Crippen LogP contribution in [0.1, 0.15) is 6.92 Å². The van der Waals surface area contributed by atoms with Gasteiger partial charge in [0.05, 0.1) is 19.8 Å². The molecule has 0 amide bonds. The summed E-state index contributed by atoms with van der Waals surface area (Å²) in [5, 5.41) is 0. The van der Waals surface area contributed by atoms with Crippen LogP contribution in [-0.2, 0) is 14.8 Å². The van der Waals surface area contributed by atoms with Crippen molar-refractivity contribution in [2.45, 2.75) is 11.8 Å².